The third kappa shape index (κ3) is 2.37. The molecule has 0 radical (unpaired) electrons. The van der Waals surface area contributed by atoms with E-state index in [1.165, 1.54) is 11.3 Å². The first-order valence-corrected chi connectivity index (χ1v) is 7.85. The molecule has 1 aliphatic heterocycles. The number of carbonyl (C=O) groups excluding carboxylic acids is 1. The number of pyridine rings is 1. The molecular formula is C14H16N4O2S. The first-order chi connectivity index (χ1) is 10.3. The maximum Gasteiger partial charge on any atom is 0.350 e. The average molecular weight is 304 g/mol. The minimum Gasteiger partial charge on any atom is -0.462 e. The van der Waals surface area contributed by atoms with Crippen molar-refractivity contribution >= 4 is 38.9 Å². The largest absolute Gasteiger partial charge is 0.462 e. The van der Waals surface area contributed by atoms with Crippen molar-refractivity contribution in [2.75, 3.05) is 18.2 Å². The zero-order valence-corrected chi connectivity index (χ0v) is 12.8. The molecule has 0 aliphatic carbocycles. The quantitative estimate of drug-likeness (QED) is 0.780. The first kappa shape index (κ1) is 13.9. The van der Waals surface area contributed by atoms with Gasteiger partial charge in [-0.2, -0.15) is 0 Å². The number of thiophene rings is 1. The first-order valence-electron chi connectivity index (χ1n) is 7.04. The van der Waals surface area contributed by atoms with Crippen LogP contribution >= 0.6 is 11.3 Å². The van der Waals surface area contributed by atoms with Crippen LogP contribution in [-0.2, 0) is 4.74 Å². The maximum absolute atomic E-state index is 12.0. The molecule has 21 heavy (non-hydrogen) atoms. The van der Waals surface area contributed by atoms with Crippen molar-refractivity contribution < 1.29 is 9.53 Å². The molecule has 0 saturated heterocycles. The summed E-state index contributed by atoms with van der Waals surface area (Å²) >= 11 is 1.38. The van der Waals surface area contributed by atoms with E-state index >= 15 is 0 Å². The van der Waals surface area contributed by atoms with Crippen LogP contribution in [0.1, 0.15) is 36.4 Å². The third-order valence-electron chi connectivity index (χ3n) is 3.24. The summed E-state index contributed by atoms with van der Waals surface area (Å²) in [5, 5.41) is 11.1. The van der Waals surface area contributed by atoms with Crippen molar-refractivity contribution in [3.8, 4) is 0 Å². The molecule has 0 aromatic carbocycles. The second-order valence-corrected chi connectivity index (χ2v) is 5.73. The molecule has 2 aromatic heterocycles. The van der Waals surface area contributed by atoms with Gasteiger partial charge in [0.1, 0.15) is 10.6 Å². The van der Waals surface area contributed by atoms with Crippen molar-refractivity contribution in [2.24, 2.45) is 10.3 Å². The van der Waals surface area contributed by atoms with Crippen molar-refractivity contribution in [3.05, 3.63) is 17.1 Å². The number of unbranched alkanes of at least 4 members (excludes halogenated alkanes) is 1. The average Bonchev–Trinajstić information content (AvgIpc) is 2.88. The van der Waals surface area contributed by atoms with E-state index in [1.54, 1.807) is 18.1 Å². The number of aromatic nitrogens is 1. The SMILES string of the molecule is CCCCN1N=Nc2c(C(=O)OCC)sc3ccnc1c23. The van der Waals surface area contributed by atoms with Gasteiger partial charge in [-0.25, -0.2) is 14.8 Å². The number of ether oxygens (including phenoxy) is 1. The number of rotatable bonds is 5. The summed E-state index contributed by atoms with van der Waals surface area (Å²) in [5.74, 6) is 0.429. The predicted octanol–water partition coefficient (Wildman–Crippen LogP) is 4.09. The second kappa shape index (κ2) is 5.77. The molecular weight excluding hydrogens is 288 g/mol. The maximum atomic E-state index is 12.0. The summed E-state index contributed by atoms with van der Waals surface area (Å²) in [6.07, 6.45) is 3.83. The van der Waals surface area contributed by atoms with E-state index < -0.39 is 0 Å². The highest BCUT2D eigenvalue weighted by Crippen LogP contribution is 2.45. The standard InChI is InChI=1S/C14H16N4O2S/c1-3-5-8-18-13-10-9(6-7-15-13)21-12(11(10)16-17-18)14(19)20-4-2/h6-7H,3-5,8H2,1-2H3. The molecule has 0 amide bonds. The summed E-state index contributed by atoms with van der Waals surface area (Å²) < 4.78 is 6.08. The lowest BCUT2D eigenvalue weighted by Gasteiger charge is -2.20. The molecule has 6 nitrogen and oxygen atoms in total. The molecule has 0 saturated carbocycles. The zero-order chi connectivity index (χ0) is 14.8. The smallest absolute Gasteiger partial charge is 0.350 e. The van der Waals surface area contributed by atoms with Crippen molar-refractivity contribution in [1.29, 1.82) is 0 Å². The van der Waals surface area contributed by atoms with E-state index in [0.717, 1.165) is 35.3 Å². The van der Waals surface area contributed by atoms with Gasteiger partial charge in [0.2, 0.25) is 0 Å². The summed E-state index contributed by atoms with van der Waals surface area (Å²) in [6.45, 7) is 5.04. The van der Waals surface area contributed by atoms with Crippen LogP contribution in [0.4, 0.5) is 11.5 Å². The zero-order valence-electron chi connectivity index (χ0n) is 12.0. The van der Waals surface area contributed by atoms with Crippen LogP contribution in [0, 0.1) is 0 Å². The van der Waals surface area contributed by atoms with Crippen LogP contribution in [0.5, 0.6) is 0 Å². The highest BCUT2D eigenvalue weighted by Gasteiger charge is 2.27. The molecule has 0 unspecified atom stereocenters. The Kier molecular flexibility index (Phi) is 3.83. The monoisotopic (exact) mass is 304 g/mol. The van der Waals surface area contributed by atoms with E-state index in [4.69, 9.17) is 4.74 Å². The number of carbonyl (C=O) groups is 1. The molecule has 3 heterocycles. The van der Waals surface area contributed by atoms with Crippen LogP contribution in [-0.4, -0.2) is 24.1 Å². The molecule has 110 valence electrons. The Morgan fingerprint density at radius 3 is 3.05 bits per heavy atom. The van der Waals surface area contributed by atoms with Crippen molar-refractivity contribution in [3.63, 3.8) is 0 Å². The number of anilines is 1. The normalized spacial score (nSPS) is 13.0. The van der Waals surface area contributed by atoms with Gasteiger partial charge in [-0.05, 0) is 19.4 Å². The fourth-order valence-electron chi connectivity index (χ4n) is 2.24. The lowest BCUT2D eigenvalue weighted by Crippen LogP contribution is -2.19. The van der Waals surface area contributed by atoms with E-state index in [2.05, 4.69) is 22.2 Å². The number of hydrogen-bond acceptors (Lipinski definition) is 7. The van der Waals surface area contributed by atoms with Gasteiger partial charge in [0.05, 0.1) is 12.0 Å². The van der Waals surface area contributed by atoms with Gasteiger partial charge >= 0.3 is 5.97 Å². The van der Waals surface area contributed by atoms with Gasteiger partial charge in [-0.1, -0.05) is 18.6 Å². The van der Waals surface area contributed by atoms with Gasteiger partial charge in [0.15, 0.2) is 5.82 Å². The summed E-state index contributed by atoms with van der Waals surface area (Å²) in [7, 11) is 0. The number of esters is 1. The van der Waals surface area contributed by atoms with Crippen LogP contribution < -0.4 is 5.01 Å². The molecule has 0 N–H and O–H groups in total. The van der Waals surface area contributed by atoms with E-state index in [1.807, 2.05) is 6.07 Å². The Bertz CT molecular complexity index is 710. The summed E-state index contributed by atoms with van der Waals surface area (Å²) in [5.41, 5.74) is 0.587. The highest BCUT2D eigenvalue weighted by molar-refractivity contribution is 7.21. The van der Waals surface area contributed by atoms with Gasteiger partial charge in [-0.3, -0.25) is 0 Å². The van der Waals surface area contributed by atoms with E-state index in [-0.39, 0.29) is 5.97 Å². The number of hydrogen-bond donors (Lipinski definition) is 0. The minimum absolute atomic E-state index is 0.345. The van der Waals surface area contributed by atoms with Gasteiger partial charge in [-0.15, -0.1) is 16.5 Å². The fraction of sp³-hybridized carbons (Fsp3) is 0.429. The molecule has 0 bridgehead atoms. The van der Waals surface area contributed by atoms with Crippen molar-refractivity contribution in [1.82, 2.24) is 4.98 Å². The Balaban J connectivity index is 2.08. The Morgan fingerprint density at radius 2 is 2.29 bits per heavy atom. The van der Waals surface area contributed by atoms with E-state index in [0.29, 0.717) is 17.2 Å². The van der Waals surface area contributed by atoms with E-state index in [9.17, 15) is 4.79 Å². The lowest BCUT2D eigenvalue weighted by atomic mass is 10.2. The third-order valence-corrected chi connectivity index (χ3v) is 4.36. The molecule has 2 aromatic rings. The highest BCUT2D eigenvalue weighted by atomic mass is 32.1. The van der Waals surface area contributed by atoms with Gasteiger partial charge in [0.25, 0.3) is 0 Å². The van der Waals surface area contributed by atoms with Crippen LogP contribution in [0.15, 0.2) is 22.6 Å². The molecule has 1 aliphatic rings. The fourth-order valence-corrected chi connectivity index (χ4v) is 3.26. The van der Waals surface area contributed by atoms with Crippen LogP contribution in [0.3, 0.4) is 0 Å². The summed E-state index contributed by atoms with van der Waals surface area (Å²) in [4.78, 5) is 17.0. The Morgan fingerprint density at radius 1 is 1.43 bits per heavy atom. The Hall–Kier alpha value is -2.02. The Labute approximate surface area is 126 Å². The summed E-state index contributed by atoms with van der Waals surface area (Å²) in [6, 6.07) is 1.90. The number of nitrogens with zero attached hydrogens (tertiary/aromatic N) is 4. The minimum atomic E-state index is -0.347. The molecule has 0 fully saturated rings. The molecule has 0 atom stereocenters. The van der Waals surface area contributed by atoms with Crippen LogP contribution in [0.2, 0.25) is 0 Å². The predicted molar refractivity (Wildman–Crippen MR) is 82.3 cm³/mol. The van der Waals surface area contributed by atoms with Gasteiger partial charge < -0.3 is 4.74 Å². The van der Waals surface area contributed by atoms with Crippen molar-refractivity contribution in [2.45, 2.75) is 26.7 Å². The molecule has 7 heteroatoms. The lowest BCUT2D eigenvalue weighted by molar-refractivity contribution is 0.0533. The molecule has 3 rings (SSSR count). The molecule has 0 spiro atoms. The topological polar surface area (TPSA) is 67.2 Å². The second-order valence-electron chi connectivity index (χ2n) is 4.67. The van der Waals surface area contributed by atoms with Gasteiger partial charge in [0, 0.05) is 17.4 Å². The van der Waals surface area contributed by atoms with Crippen LogP contribution in [0.25, 0.3) is 10.1 Å².